The normalized spacial score (nSPS) is 11.7. The van der Waals surface area contributed by atoms with Crippen LogP contribution in [-0.2, 0) is 6.42 Å². The molecule has 2 heteroatoms. The second kappa shape index (κ2) is 7.64. The molecule has 0 N–H and O–H groups in total. The Morgan fingerprint density at radius 1 is 1.19 bits per heavy atom. The summed E-state index contributed by atoms with van der Waals surface area (Å²) >= 11 is 3.61. The second-order valence-electron chi connectivity index (χ2n) is 3.80. The van der Waals surface area contributed by atoms with Crippen LogP contribution in [0.2, 0.25) is 0 Å². The van der Waals surface area contributed by atoms with Crippen LogP contribution in [0.15, 0.2) is 34.3 Å². The van der Waals surface area contributed by atoms with Crippen molar-refractivity contribution in [2.45, 2.75) is 39.5 Å². The summed E-state index contributed by atoms with van der Waals surface area (Å²) in [6, 6.07) is 6.45. The van der Waals surface area contributed by atoms with Crippen LogP contribution in [0, 0.1) is 0 Å². The van der Waals surface area contributed by atoms with Crippen molar-refractivity contribution >= 4 is 22.7 Å². The van der Waals surface area contributed by atoms with Gasteiger partial charge in [0.25, 0.3) is 0 Å². The molecule has 2 rings (SSSR count). The van der Waals surface area contributed by atoms with Gasteiger partial charge >= 0.3 is 0 Å². The first-order valence-electron chi connectivity index (χ1n) is 5.82. The molecule has 2 aromatic heterocycles. The zero-order valence-corrected chi connectivity index (χ0v) is 11.9. The lowest BCUT2D eigenvalue weighted by Crippen LogP contribution is -1.85. The first-order valence-corrected chi connectivity index (χ1v) is 7.64. The number of thiophene rings is 2. The van der Waals surface area contributed by atoms with Gasteiger partial charge in [-0.2, -0.15) is 11.3 Å². The molecule has 16 heavy (non-hydrogen) atoms. The fraction of sp³-hybridized carbons (Fsp3) is 0.429. The van der Waals surface area contributed by atoms with Crippen LogP contribution in [0.25, 0.3) is 0 Å². The van der Waals surface area contributed by atoms with Crippen LogP contribution in [-0.4, -0.2) is 0 Å². The average Bonchev–Trinajstić information content (AvgIpc) is 3.01. The molecule has 1 unspecified atom stereocenters. The van der Waals surface area contributed by atoms with Crippen LogP contribution in [0.1, 0.15) is 43.6 Å². The van der Waals surface area contributed by atoms with Gasteiger partial charge in [0.1, 0.15) is 0 Å². The number of rotatable bonds is 3. The smallest absolute Gasteiger partial charge is 0.00424 e. The highest BCUT2D eigenvalue weighted by molar-refractivity contribution is 7.09. The lowest BCUT2D eigenvalue weighted by Gasteiger charge is -2.02. The minimum atomic E-state index is 0.747. The highest BCUT2D eigenvalue weighted by atomic mass is 32.1. The van der Waals surface area contributed by atoms with Crippen molar-refractivity contribution in [1.82, 2.24) is 0 Å². The summed E-state index contributed by atoms with van der Waals surface area (Å²) < 4.78 is 0. The van der Waals surface area contributed by atoms with Crippen molar-refractivity contribution in [2.75, 3.05) is 0 Å². The molecule has 2 aromatic rings. The van der Waals surface area contributed by atoms with E-state index in [1.165, 1.54) is 23.3 Å². The molecule has 0 saturated carbocycles. The Morgan fingerprint density at radius 2 is 2.00 bits per heavy atom. The Hall–Kier alpha value is -0.600. The summed E-state index contributed by atoms with van der Waals surface area (Å²) in [5.41, 5.74) is 1.49. The third-order valence-corrected chi connectivity index (χ3v) is 4.38. The van der Waals surface area contributed by atoms with E-state index in [-0.39, 0.29) is 0 Å². The van der Waals surface area contributed by atoms with E-state index in [0.29, 0.717) is 0 Å². The lowest BCUT2D eigenvalue weighted by atomic mass is 10.0. The Kier molecular flexibility index (Phi) is 6.43. The van der Waals surface area contributed by atoms with E-state index in [9.17, 15) is 0 Å². The van der Waals surface area contributed by atoms with Crippen LogP contribution < -0.4 is 0 Å². The molecule has 2 heterocycles. The monoisotopic (exact) mass is 252 g/mol. The molecule has 0 spiro atoms. The van der Waals surface area contributed by atoms with Crippen molar-refractivity contribution in [3.63, 3.8) is 0 Å². The van der Waals surface area contributed by atoms with Gasteiger partial charge in [-0.05, 0) is 52.6 Å². The van der Waals surface area contributed by atoms with Gasteiger partial charge in [0, 0.05) is 4.88 Å². The molecule has 0 fully saturated rings. The van der Waals surface area contributed by atoms with Gasteiger partial charge in [-0.3, -0.25) is 0 Å². The minimum absolute atomic E-state index is 0.747. The summed E-state index contributed by atoms with van der Waals surface area (Å²) in [5.74, 6) is 0.747. The molecule has 0 aromatic carbocycles. The Morgan fingerprint density at radius 3 is 2.38 bits per heavy atom. The Balaban J connectivity index is 0.000000165. The van der Waals surface area contributed by atoms with Crippen LogP contribution >= 0.6 is 22.7 Å². The molecule has 0 aliphatic heterocycles. The zero-order chi connectivity index (χ0) is 11.8. The van der Waals surface area contributed by atoms with E-state index >= 15 is 0 Å². The predicted molar refractivity (Wildman–Crippen MR) is 76.7 cm³/mol. The van der Waals surface area contributed by atoms with E-state index in [0.717, 1.165) is 5.92 Å². The minimum Gasteiger partial charge on any atom is -0.152 e. The number of aryl methyl sites for hydroxylation is 1. The molecule has 0 aliphatic carbocycles. The fourth-order valence-corrected chi connectivity index (χ4v) is 2.74. The fourth-order valence-electron chi connectivity index (χ4n) is 1.30. The SMILES string of the molecule is CCC(C)c1ccsc1.CCc1cccs1. The topological polar surface area (TPSA) is 0 Å². The maximum absolute atomic E-state index is 2.27. The van der Waals surface area contributed by atoms with Crippen LogP contribution in [0.4, 0.5) is 0 Å². The molecular weight excluding hydrogens is 232 g/mol. The molecule has 0 nitrogen and oxygen atoms in total. The van der Waals surface area contributed by atoms with Crippen molar-refractivity contribution in [1.29, 1.82) is 0 Å². The first-order chi connectivity index (χ1) is 7.77. The molecule has 0 radical (unpaired) electrons. The number of hydrogen-bond donors (Lipinski definition) is 0. The van der Waals surface area contributed by atoms with Crippen molar-refractivity contribution in [3.8, 4) is 0 Å². The largest absolute Gasteiger partial charge is 0.152 e. The Bertz CT molecular complexity index is 346. The predicted octanol–water partition coefficient (Wildman–Crippen LogP) is 5.57. The highest BCUT2D eigenvalue weighted by Gasteiger charge is 2.00. The Labute approximate surface area is 107 Å². The summed E-state index contributed by atoms with van der Waals surface area (Å²) in [6.07, 6.45) is 2.42. The van der Waals surface area contributed by atoms with E-state index in [1.807, 2.05) is 11.3 Å². The molecular formula is C14H20S2. The molecule has 0 amide bonds. The van der Waals surface area contributed by atoms with Gasteiger partial charge in [-0.1, -0.05) is 26.8 Å². The van der Waals surface area contributed by atoms with Gasteiger partial charge in [-0.25, -0.2) is 0 Å². The standard InChI is InChI=1S/C8H12S.C6H8S/c1-3-7(2)8-4-5-9-6-8;1-2-6-4-3-5-7-6/h4-7H,3H2,1-2H3;3-5H,2H2,1H3. The summed E-state index contributed by atoms with van der Waals surface area (Å²) in [4.78, 5) is 1.47. The lowest BCUT2D eigenvalue weighted by molar-refractivity contribution is 0.737. The third kappa shape index (κ3) is 4.50. The van der Waals surface area contributed by atoms with E-state index in [1.54, 1.807) is 11.3 Å². The van der Waals surface area contributed by atoms with Gasteiger partial charge in [0.2, 0.25) is 0 Å². The highest BCUT2D eigenvalue weighted by Crippen LogP contribution is 2.20. The average molecular weight is 252 g/mol. The number of hydrogen-bond acceptors (Lipinski definition) is 2. The molecule has 0 saturated heterocycles. The van der Waals surface area contributed by atoms with E-state index in [4.69, 9.17) is 0 Å². The summed E-state index contributed by atoms with van der Waals surface area (Å²) in [6.45, 7) is 6.66. The van der Waals surface area contributed by atoms with Gasteiger partial charge in [0.15, 0.2) is 0 Å². The van der Waals surface area contributed by atoms with Crippen LogP contribution in [0.5, 0.6) is 0 Å². The molecule has 88 valence electrons. The van der Waals surface area contributed by atoms with Crippen LogP contribution in [0.3, 0.4) is 0 Å². The third-order valence-electron chi connectivity index (χ3n) is 2.65. The van der Waals surface area contributed by atoms with E-state index in [2.05, 4.69) is 55.1 Å². The summed E-state index contributed by atoms with van der Waals surface area (Å²) in [5, 5.41) is 6.48. The van der Waals surface area contributed by atoms with Gasteiger partial charge in [-0.15, -0.1) is 11.3 Å². The van der Waals surface area contributed by atoms with Gasteiger partial charge in [0.05, 0.1) is 0 Å². The quantitative estimate of drug-likeness (QED) is 0.669. The molecule has 0 bridgehead atoms. The van der Waals surface area contributed by atoms with Crippen molar-refractivity contribution < 1.29 is 0 Å². The van der Waals surface area contributed by atoms with Crippen molar-refractivity contribution in [3.05, 3.63) is 44.8 Å². The molecule has 0 aliphatic rings. The van der Waals surface area contributed by atoms with Gasteiger partial charge < -0.3 is 0 Å². The first kappa shape index (κ1) is 13.5. The molecule has 1 atom stereocenters. The summed E-state index contributed by atoms with van der Waals surface area (Å²) in [7, 11) is 0. The zero-order valence-electron chi connectivity index (χ0n) is 10.3. The van der Waals surface area contributed by atoms with E-state index < -0.39 is 0 Å². The second-order valence-corrected chi connectivity index (χ2v) is 5.61. The van der Waals surface area contributed by atoms with Crippen molar-refractivity contribution in [2.24, 2.45) is 0 Å². The maximum atomic E-state index is 2.27. The maximum Gasteiger partial charge on any atom is 0.00424 e.